The minimum atomic E-state index is -0.515. The zero-order chi connectivity index (χ0) is 16.0. The van der Waals surface area contributed by atoms with Crippen LogP contribution in [0.2, 0.25) is 0 Å². The fourth-order valence-electron chi connectivity index (χ4n) is 1.68. The summed E-state index contributed by atoms with van der Waals surface area (Å²) >= 11 is 0. The Morgan fingerprint density at radius 3 is 2.62 bits per heavy atom. The van der Waals surface area contributed by atoms with Crippen LogP contribution >= 0.6 is 0 Å². The van der Waals surface area contributed by atoms with Gasteiger partial charge in [-0.2, -0.15) is 0 Å². The van der Waals surface area contributed by atoms with Crippen molar-refractivity contribution in [3.05, 3.63) is 23.5 Å². The van der Waals surface area contributed by atoms with Crippen LogP contribution in [0.5, 0.6) is 5.75 Å². The van der Waals surface area contributed by atoms with Crippen LogP contribution in [0.3, 0.4) is 0 Å². The monoisotopic (exact) mass is 294 g/mol. The van der Waals surface area contributed by atoms with E-state index in [-0.39, 0.29) is 17.1 Å². The highest BCUT2D eigenvalue weighted by molar-refractivity contribution is 5.96. The van der Waals surface area contributed by atoms with Gasteiger partial charge in [-0.15, -0.1) is 0 Å². The predicted molar refractivity (Wildman–Crippen MR) is 78.5 cm³/mol. The summed E-state index contributed by atoms with van der Waals surface area (Å²) in [5.74, 6) is -0.318. The standard InChI is InChI=1S/C15H22N2O4/c1-10(18)12-8-11(17-9-13(12)19)6-5-7-16-14(20)21-15(2,3)4/h8-9,19H,5-7H2,1-4H3,(H,16,20). The molecule has 0 saturated carbocycles. The highest BCUT2D eigenvalue weighted by atomic mass is 16.6. The van der Waals surface area contributed by atoms with Gasteiger partial charge in [-0.3, -0.25) is 9.78 Å². The number of rotatable bonds is 5. The van der Waals surface area contributed by atoms with Gasteiger partial charge in [-0.1, -0.05) is 0 Å². The van der Waals surface area contributed by atoms with Gasteiger partial charge in [0.2, 0.25) is 0 Å². The molecule has 116 valence electrons. The summed E-state index contributed by atoms with van der Waals surface area (Å²) in [6.07, 6.45) is 2.07. The number of Topliss-reactive ketones (excluding diaryl/α,β-unsaturated/α-hetero) is 1. The molecule has 0 fully saturated rings. The number of hydrogen-bond donors (Lipinski definition) is 2. The first-order valence-electron chi connectivity index (χ1n) is 6.85. The van der Waals surface area contributed by atoms with Crippen molar-refractivity contribution >= 4 is 11.9 Å². The number of ether oxygens (including phenoxy) is 1. The van der Waals surface area contributed by atoms with E-state index in [0.717, 1.165) is 0 Å². The lowest BCUT2D eigenvalue weighted by Crippen LogP contribution is -2.33. The molecule has 0 bridgehead atoms. The van der Waals surface area contributed by atoms with Gasteiger partial charge in [-0.25, -0.2) is 4.79 Å². The van der Waals surface area contributed by atoms with Crippen LogP contribution < -0.4 is 5.32 Å². The largest absolute Gasteiger partial charge is 0.506 e. The molecule has 0 radical (unpaired) electrons. The number of carbonyl (C=O) groups is 2. The van der Waals surface area contributed by atoms with Crippen molar-refractivity contribution < 1.29 is 19.4 Å². The zero-order valence-corrected chi connectivity index (χ0v) is 12.9. The number of pyridine rings is 1. The fraction of sp³-hybridized carbons (Fsp3) is 0.533. The Kier molecular flexibility index (Phi) is 5.69. The Hall–Kier alpha value is -2.11. The highest BCUT2D eigenvalue weighted by Gasteiger charge is 2.15. The van der Waals surface area contributed by atoms with E-state index in [4.69, 9.17) is 4.74 Å². The maximum Gasteiger partial charge on any atom is 0.407 e. The summed E-state index contributed by atoms with van der Waals surface area (Å²) in [4.78, 5) is 26.8. The molecular formula is C15H22N2O4. The first-order chi connectivity index (χ1) is 9.69. The molecule has 6 nitrogen and oxygen atoms in total. The third-order valence-electron chi connectivity index (χ3n) is 2.60. The summed E-state index contributed by atoms with van der Waals surface area (Å²) < 4.78 is 5.11. The second-order valence-corrected chi connectivity index (χ2v) is 5.78. The second kappa shape index (κ2) is 7.06. The molecule has 0 atom stereocenters. The molecule has 21 heavy (non-hydrogen) atoms. The minimum absolute atomic E-state index is 0.113. The second-order valence-electron chi connectivity index (χ2n) is 5.78. The van der Waals surface area contributed by atoms with Gasteiger partial charge in [0.05, 0.1) is 11.8 Å². The summed E-state index contributed by atoms with van der Waals surface area (Å²) in [7, 11) is 0. The van der Waals surface area contributed by atoms with E-state index >= 15 is 0 Å². The van der Waals surface area contributed by atoms with Crippen LogP contribution in [-0.2, 0) is 11.2 Å². The molecule has 0 aliphatic carbocycles. The van der Waals surface area contributed by atoms with Gasteiger partial charge in [0.1, 0.15) is 11.4 Å². The molecule has 2 N–H and O–H groups in total. The quantitative estimate of drug-likeness (QED) is 0.643. The number of carbonyl (C=O) groups excluding carboxylic acids is 2. The van der Waals surface area contributed by atoms with E-state index in [2.05, 4.69) is 10.3 Å². The van der Waals surface area contributed by atoms with Crippen molar-refractivity contribution in [2.24, 2.45) is 0 Å². The average molecular weight is 294 g/mol. The number of ketones is 1. The first kappa shape index (κ1) is 16.9. The lowest BCUT2D eigenvalue weighted by Gasteiger charge is -2.19. The molecule has 0 aliphatic heterocycles. The van der Waals surface area contributed by atoms with Gasteiger partial charge in [0.15, 0.2) is 5.78 Å². The number of aryl methyl sites for hydroxylation is 1. The lowest BCUT2D eigenvalue weighted by atomic mass is 10.1. The molecule has 0 unspecified atom stereocenters. The Bertz CT molecular complexity index is 521. The molecule has 0 spiro atoms. The van der Waals surface area contributed by atoms with Crippen molar-refractivity contribution in [2.45, 2.75) is 46.1 Å². The maximum atomic E-state index is 11.4. The summed E-state index contributed by atoms with van der Waals surface area (Å²) in [5.41, 5.74) is 0.447. The van der Waals surface area contributed by atoms with E-state index in [1.807, 2.05) is 0 Å². The van der Waals surface area contributed by atoms with E-state index in [9.17, 15) is 14.7 Å². The van der Waals surface area contributed by atoms with Crippen LogP contribution in [0.15, 0.2) is 12.3 Å². The number of nitrogens with one attached hydrogen (secondary N) is 1. The molecule has 6 heteroatoms. The molecule has 1 aromatic rings. The van der Waals surface area contributed by atoms with Crippen molar-refractivity contribution in [2.75, 3.05) is 6.54 Å². The van der Waals surface area contributed by atoms with E-state index in [1.165, 1.54) is 13.1 Å². The Morgan fingerprint density at radius 1 is 1.38 bits per heavy atom. The molecule has 0 aromatic carbocycles. The van der Waals surface area contributed by atoms with Crippen LogP contribution in [0.25, 0.3) is 0 Å². The van der Waals surface area contributed by atoms with Crippen molar-refractivity contribution in [1.82, 2.24) is 10.3 Å². The lowest BCUT2D eigenvalue weighted by molar-refractivity contribution is 0.0527. The van der Waals surface area contributed by atoms with E-state index in [1.54, 1.807) is 26.8 Å². The topological polar surface area (TPSA) is 88.5 Å². The van der Waals surface area contributed by atoms with Crippen LogP contribution in [-0.4, -0.2) is 34.1 Å². The molecule has 1 heterocycles. The molecule has 1 rings (SSSR count). The van der Waals surface area contributed by atoms with Crippen LogP contribution in [0.4, 0.5) is 4.79 Å². The fourth-order valence-corrected chi connectivity index (χ4v) is 1.68. The van der Waals surface area contributed by atoms with E-state index < -0.39 is 11.7 Å². The Labute approximate surface area is 124 Å². The number of aromatic hydroxyl groups is 1. The number of alkyl carbamates (subject to hydrolysis) is 1. The summed E-state index contributed by atoms with van der Waals surface area (Å²) in [5, 5.41) is 12.2. The summed E-state index contributed by atoms with van der Waals surface area (Å²) in [6, 6.07) is 1.57. The van der Waals surface area contributed by atoms with Gasteiger partial charge < -0.3 is 15.2 Å². The number of amides is 1. The predicted octanol–water partition coefficient (Wildman–Crippen LogP) is 2.45. The van der Waals surface area contributed by atoms with Crippen molar-refractivity contribution in [3.8, 4) is 5.75 Å². The normalized spacial score (nSPS) is 11.0. The highest BCUT2D eigenvalue weighted by Crippen LogP contribution is 2.17. The summed E-state index contributed by atoms with van der Waals surface area (Å²) in [6.45, 7) is 7.25. The Balaban J connectivity index is 2.41. The van der Waals surface area contributed by atoms with Crippen molar-refractivity contribution in [1.29, 1.82) is 0 Å². The zero-order valence-electron chi connectivity index (χ0n) is 12.9. The third-order valence-corrected chi connectivity index (χ3v) is 2.60. The van der Waals surface area contributed by atoms with Gasteiger partial charge in [0.25, 0.3) is 0 Å². The smallest absolute Gasteiger partial charge is 0.407 e. The molecular weight excluding hydrogens is 272 g/mol. The minimum Gasteiger partial charge on any atom is -0.506 e. The maximum absolute atomic E-state index is 11.4. The van der Waals surface area contributed by atoms with Gasteiger partial charge in [0, 0.05) is 12.2 Å². The van der Waals surface area contributed by atoms with E-state index in [0.29, 0.717) is 25.1 Å². The number of hydrogen-bond acceptors (Lipinski definition) is 5. The molecule has 0 aliphatic rings. The first-order valence-corrected chi connectivity index (χ1v) is 6.85. The number of nitrogens with zero attached hydrogens (tertiary/aromatic N) is 1. The average Bonchev–Trinajstić information content (AvgIpc) is 2.34. The molecule has 1 aromatic heterocycles. The van der Waals surface area contributed by atoms with Gasteiger partial charge in [-0.05, 0) is 46.6 Å². The van der Waals surface area contributed by atoms with Gasteiger partial charge >= 0.3 is 6.09 Å². The third kappa shape index (κ3) is 6.25. The van der Waals surface area contributed by atoms with Crippen molar-refractivity contribution in [3.63, 3.8) is 0 Å². The van der Waals surface area contributed by atoms with Crippen LogP contribution in [0, 0.1) is 0 Å². The SMILES string of the molecule is CC(=O)c1cc(CCCNC(=O)OC(C)(C)C)ncc1O. The molecule has 1 amide bonds. The van der Waals surface area contributed by atoms with Crippen LogP contribution in [0.1, 0.15) is 50.2 Å². The molecule has 0 saturated heterocycles. The number of aromatic nitrogens is 1. The Morgan fingerprint density at radius 2 is 2.05 bits per heavy atom.